The molecule has 2 N–H and O–H groups in total. The van der Waals surface area contributed by atoms with Gasteiger partial charge in [-0.2, -0.15) is 0 Å². The van der Waals surface area contributed by atoms with E-state index in [-0.39, 0.29) is 0 Å². The van der Waals surface area contributed by atoms with Gasteiger partial charge in [-0.1, -0.05) is 12.1 Å². The lowest BCUT2D eigenvalue weighted by Gasteiger charge is -2.27. The molecule has 0 saturated heterocycles. The van der Waals surface area contributed by atoms with Crippen molar-refractivity contribution in [3.8, 4) is 5.75 Å². The van der Waals surface area contributed by atoms with E-state index in [0.29, 0.717) is 0 Å². The van der Waals surface area contributed by atoms with Crippen LogP contribution in [0.4, 0.5) is 0 Å². The van der Waals surface area contributed by atoms with Crippen LogP contribution in [0.1, 0.15) is 23.6 Å². The van der Waals surface area contributed by atoms with Crippen LogP contribution in [0.5, 0.6) is 5.75 Å². The van der Waals surface area contributed by atoms with Gasteiger partial charge in [0, 0.05) is 12.4 Å². The minimum Gasteiger partial charge on any atom is -0.497 e. The molecule has 0 bridgehead atoms. The molecule has 2 rings (SSSR count). The highest BCUT2D eigenvalue weighted by Crippen LogP contribution is 2.29. The maximum absolute atomic E-state index is 6.47. The van der Waals surface area contributed by atoms with Gasteiger partial charge in [0.25, 0.3) is 0 Å². The molecule has 1 aromatic carbocycles. The summed E-state index contributed by atoms with van der Waals surface area (Å²) in [5, 5.41) is 0. The molecule has 2 aromatic rings. The highest BCUT2D eigenvalue weighted by molar-refractivity contribution is 5.41. The number of nitrogens with zero attached hydrogens (tertiary/aromatic N) is 1. The van der Waals surface area contributed by atoms with Crippen LogP contribution in [0.3, 0.4) is 0 Å². The Morgan fingerprint density at radius 1 is 1.17 bits per heavy atom. The SMILES string of the molecule is COc1ccc(C(C)(N)c2cnccc2C)cc1. The number of ether oxygens (including phenoxy) is 1. The second kappa shape index (κ2) is 4.78. The molecule has 3 heteroatoms. The summed E-state index contributed by atoms with van der Waals surface area (Å²) in [6, 6.07) is 9.80. The van der Waals surface area contributed by atoms with Crippen molar-refractivity contribution >= 4 is 0 Å². The fourth-order valence-corrected chi connectivity index (χ4v) is 2.10. The number of benzene rings is 1. The van der Waals surface area contributed by atoms with E-state index >= 15 is 0 Å². The van der Waals surface area contributed by atoms with Gasteiger partial charge in [0.2, 0.25) is 0 Å². The second-order valence-electron chi connectivity index (χ2n) is 4.62. The maximum atomic E-state index is 6.47. The minimum atomic E-state index is -0.551. The molecule has 1 aromatic heterocycles. The van der Waals surface area contributed by atoms with Crippen LogP contribution < -0.4 is 10.5 Å². The highest BCUT2D eigenvalue weighted by atomic mass is 16.5. The molecule has 0 aliphatic carbocycles. The molecule has 1 atom stereocenters. The van der Waals surface area contributed by atoms with Crippen LogP contribution >= 0.6 is 0 Å². The number of nitrogens with two attached hydrogens (primary N) is 1. The lowest BCUT2D eigenvalue weighted by molar-refractivity contribution is 0.414. The molecule has 0 saturated carbocycles. The van der Waals surface area contributed by atoms with Gasteiger partial charge in [-0.05, 0) is 48.7 Å². The van der Waals surface area contributed by atoms with E-state index in [1.54, 1.807) is 13.3 Å². The van der Waals surface area contributed by atoms with Crippen molar-refractivity contribution in [2.75, 3.05) is 7.11 Å². The van der Waals surface area contributed by atoms with Crippen LogP contribution in [0.2, 0.25) is 0 Å². The number of aromatic nitrogens is 1. The Hall–Kier alpha value is -1.87. The predicted molar refractivity (Wildman–Crippen MR) is 72.6 cm³/mol. The van der Waals surface area contributed by atoms with Gasteiger partial charge in [0.1, 0.15) is 5.75 Å². The number of hydrogen-bond acceptors (Lipinski definition) is 3. The first kappa shape index (κ1) is 12.6. The summed E-state index contributed by atoms with van der Waals surface area (Å²) in [4.78, 5) is 4.17. The molecule has 0 aliphatic heterocycles. The standard InChI is InChI=1S/C15H18N2O/c1-11-8-9-17-10-14(11)15(2,16)12-4-6-13(18-3)7-5-12/h4-10H,16H2,1-3H3. The monoisotopic (exact) mass is 242 g/mol. The summed E-state index contributed by atoms with van der Waals surface area (Å²) < 4.78 is 5.16. The number of methoxy groups -OCH3 is 1. The Morgan fingerprint density at radius 3 is 2.39 bits per heavy atom. The molecule has 0 amide bonds. The molecule has 0 spiro atoms. The lowest BCUT2D eigenvalue weighted by Crippen LogP contribution is -2.35. The molecular weight excluding hydrogens is 224 g/mol. The zero-order valence-corrected chi connectivity index (χ0v) is 11.0. The first-order valence-electron chi connectivity index (χ1n) is 5.90. The fraction of sp³-hybridized carbons (Fsp3) is 0.267. The smallest absolute Gasteiger partial charge is 0.118 e. The van der Waals surface area contributed by atoms with Gasteiger partial charge >= 0.3 is 0 Å². The van der Waals surface area contributed by atoms with Crippen LogP contribution in [0.25, 0.3) is 0 Å². The summed E-state index contributed by atoms with van der Waals surface area (Å²) in [6.45, 7) is 4.05. The Kier molecular flexibility index (Phi) is 3.34. The third kappa shape index (κ3) is 2.22. The molecular formula is C15H18N2O. The van der Waals surface area contributed by atoms with Crippen LogP contribution in [0, 0.1) is 6.92 Å². The molecule has 0 radical (unpaired) electrons. The summed E-state index contributed by atoms with van der Waals surface area (Å²) in [7, 11) is 1.65. The summed E-state index contributed by atoms with van der Waals surface area (Å²) in [6.07, 6.45) is 3.61. The predicted octanol–water partition coefficient (Wildman–Crippen LogP) is 2.62. The number of pyridine rings is 1. The largest absolute Gasteiger partial charge is 0.497 e. The Morgan fingerprint density at radius 2 is 1.83 bits per heavy atom. The number of rotatable bonds is 3. The van der Waals surface area contributed by atoms with Crippen molar-refractivity contribution < 1.29 is 4.74 Å². The molecule has 0 fully saturated rings. The summed E-state index contributed by atoms with van der Waals surface area (Å²) >= 11 is 0. The summed E-state index contributed by atoms with van der Waals surface area (Å²) in [5.41, 5.74) is 9.14. The molecule has 94 valence electrons. The van der Waals surface area contributed by atoms with Crippen molar-refractivity contribution in [1.29, 1.82) is 0 Å². The average Bonchev–Trinajstić information content (AvgIpc) is 2.39. The van der Waals surface area contributed by atoms with E-state index in [0.717, 1.165) is 22.4 Å². The number of aryl methyl sites for hydroxylation is 1. The minimum absolute atomic E-state index is 0.551. The van der Waals surface area contributed by atoms with E-state index in [1.807, 2.05) is 50.4 Å². The van der Waals surface area contributed by atoms with E-state index in [4.69, 9.17) is 10.5 Å². The topological polar surface area (TPSA) is 48.1 Å². The quantitative estimate of drug-likeness (QED) is 0.900. The Balaban J connectivity index is 2.44. The van der Waals surface area contributed by atoms with Crippen LogP contribution in [0.15, 0.2) is 42.7 Å². The van der Waals surface area contributed by atoms with Crippen molar-refractivity contribution in [1.82, 2.24) is 4.98 Å². The Labute approximate surface area is 108 Å². The van der Waals surface area contributed by atoms with Crippen molar-refractivity contribution in [2.45, 2.75) is 19.4 Å². The zero-order valence-electron chi connectivity index (χ0n) is 11.0. The first-order valence-corrected chi connectivity index (χ1v) is 5.90. The third-order valence-electron chi connectivity index (χ3n) is 3.29. The normalized spacial score (nSPS) is 14.0. The maximum Gasteiger partial charge on any atom is 0.118 e. The third-order valence-corrected chi connectivity index (χ3v) is 3.29. The van der Waals surface area contributed by atoms with Crippen LogP contribution in [-0.4, -0.2) is 12.1 Å². The van der Waals surface area contributed by atoms with Crippen molar-refractivity contribution in [2.24, 2.45) is 5.73 Å². The van der Waals surface area contributed by atoms with E-state index in [9.17, 15) is 0 Å². The average molecular weight is 242 g/mol. The Bertz CT molecular complexity index is 532. The van der Waals surface area contributed by atoms with Gasteiger partial charge in [-0.15, -0.1) is 0 Å². The lowest BCUT2D eigenvalue weighted by atomic mass is 9.84. The molecule has 18 heavy (non-hydrogen) atoms. The molecule has 1 heterocycles. The summed E-state index contributed by atoms with van der Waals surface area (Å²) in [5.74, 6) is 0.831. The second-order valence-corrected chi connectivity index (χ2v) is 4.62. The number of hydrogen-bond donors (Lipinski definition) is 1. The van der Waals surface area contributed by atoms with Gasteiger partial charge in [-0.25, -0.2) is 0 Å². The zero-order chi connectivity index (χ0) is 13.2. The first-order chi connectivity index (χ1) is 8.55. The van der Waals surface area contributed by atoms with Gasteiger partial charge in [0.05, 0.1) is 12.6 Å². The molecule has 0 aliphatic rings. The highest BCUT2D eigenvalue weighted by Gasteiger charge is 2.25. The molecule has 3 nitrogen and oxygen atoms in total. The van der Waals surface area contributed by atoms with Crippen LogP contribution in [-0.2, 0) is 5.54 Å². The van der Waals surface area contributed by atoms with E-state index in [1.165, 1.54) is 0 Å². The van der Waals surface area contributed by atoms with E-state index < -0.39 is 5.54 Å². The van der Waals surface area contributed by atoms with Crippen molar-refractivity contribution in [3.05, 3.63) is 59.4 Å². The fourth-order valence-electron chi connectivity index (χ4n) is 2.10. The van der Waals surface area contributed by atoms with E-state index in [2.05, 4.69) is 4.98 Å². The van der Waals surface area contributed by atoms with Gasteiger partial charge in [0.15, 0.2) is 0 Å². The molecule has 1 unspecified atom stereocenters. The van der Waals surface area contributed by atoms with Gasteiger partial charge < -0.3 is 10.5 Å². The van der Waals surface area contributed by atoms with Crippen molar-refractivity contribution in [3.63, 3.8) is 0 Å². The van der Waals surface area contributed by atoms with Gasteiger partial charge in [-0.3, -0.25) is 4.98 Å².